The molecule has 1 aromatic heterocycles. The van der Waals surface area contributed by atoms with Crippen LogP contribution in [-0.2, 0) is 6.54 Å². The number of nitrogens with zero attached hydrogens (tertiary/aromatic N) is 3. The van der Waals surface area contributed by atoms with E-state index in [9.17, 15) is 5.26 Å². The molecule has 4 unspecified atom stereocenters. The van der Waals surface area contributed by atoms with Crippen LogP contribution in [0, 0.1) is 29.1 Å². The van der Waals surface area contributed by atoms with Crippen molar-refractivity contribution in [2.45, 2.75) is 153 Å². The summed E-state index contributed by atoms with van der Waals surface area (Å²) in [4.78, 5) is 5.71. The second-order valence-electron chi connectivity index (χ2n) is 12.4. The zero-order chi connectivity index (χ0) is 23.3. The molecule has 0 spiro atoms. The fourth-order valence-electron chi connectivity index (χ4n) is 8.68. The van der Waals surface area contributed by atoms with Gasteiger partial charge in [0, 0.05) is 36.4 Å². The highest BCUT2D eigenvalue weighted by atomic mass is 15.1. The summed E-state index contributed by atoms with van der Waals surface area (Å²) in [7, 11) is 0. The molecule has 5 rings (SSSR count). The highest BCUT2D eigenvalue weighted by Gasteiger charge is 2.39. The van der Waals surface area contributed by atoms with E-state index in [1.807, 2.05) is 0 Å². The second kappa shape index (κ2) is 11.6. The van der Waals surface area contributed by atoms with Gasteiger partial charge >= 0.3 is 0 Å². The third kappa shape index (κ3) is 5.12. The number of imidazole rings is 1. The van der Waals surface area contributed by atoms with Gasteiger partial charge in [-0.1, -0.05) is 64.2 Å². The molecule has 0 aromatic carbocycles. The monoisotopic (exact) mass is 463 g/mol. The van der Waals surface area contributed by atoms with Crippen molar-refractivity contribution in [1.82, 2.24) is 9.55 Å². The normalized spacial score (nSPS) is 31.9. The maximum atomic E-state index is 9.33. The Morgan fingerprint density at radius 3 is 2.18 bits per heavy atom. The predicted octanol–water partition coefficient (Wildman–Crippen LogP) is 8.99. The molecular formula is C31H49N3. The van der Waals surface area contributed by atoms with E-state index in [-0.39, 0.29) is 0 Å². The van der Waals surface area contributed by atoms with Gasteiger partial charge in [-0.3, -0.25) is 0 Å². The van der Waals surface area contributed by atoms with Gasteiger partial charge in [0.1, 0.15) is 5.82 Å². The minimum absolute atomic E-state index is 0.646. The SMILES string of the molecule is CCn1c(C2CCCCC2C2CCCC(CC#N)C2)nc(C2CCCCC2)c1C1CCCCC1. The minimum Gasteiger partial charge on any atom is -0.332 e. The molecule has 1 heterocycles. The minimum atomic E-state index is 0.646. The topological polar surface area (TPSA) is 41.6 Å². The first-order valence-electron chi connectivity index (χ1n) is 15.3. The van der Waals surface area contributed by atoms with Crippen molar-refractivity contribution < 1.29 is 0 Å². The van der Waals surface area contributed by atoms with Gasteiger partial charge in [-0.25, -0.2) is 4.98 Å². The lowest BCUT2D eigenvalue weighted by Crippen LogP contribution is -2.31. The summed E-state index contributed by atoms with van der Waals surface area (Å²) >= 11 is 0. The third-order valence-electron chi connectivity index (χ3n) is 10.3. The van der Waals surface area contributed by atoms with Crippen LogP contribution in [-0.4, -0.2) is 9.55 Å². The predicted molar refractivity (Wildman–Crippen MR) is 140 cm³/mol. The summed E-state index contributed by atoms with van der Waals surface area (Å²) in [6.45, 7) is 3.50. The van der Waals surface area contributed by atoms with Crippen molar-refractivity contribution >= 4 is 0 Å². The Bertz CT molecular complexity index is 820. The number of rotatable bonds is 6. The van der Waals surface area contributed by atoms with Crippen LogP contribution in [0.1, 0.15) is 164 Å². The van der Waals surface area contributed by atoms with Crippen LogP contribution >= 0.6 is 0 Å². The van der Waals surface area contributed by atoms with E-state index >= 15 is 0 Å². The molecule has 0 radical (unpaired) electrons. The molecule has 0 saturated heterocycles. The first-order valence-corrected chi connectivity index (χ1v) is 15.3. The van der Waals surface area contributed by atoms with Gasteiger partial charge in [0.2, 0.25) is 0 Å². The average molecular weight is 464 g/mol. The third-order valence-corrected chi connectivity index (χ3v) is 10.3. The Morgan fingerprint density at radius 1 is 0.794 bits per heavy atom. The van der Waals surface area contributed by atoms with Crippen molar-refractivity contribution in [1.29, 1.82) is 5.26 Å². The van der Waals surface area contributed by atoms with E-state index in [1.165, 1.54) is 121 Å². The van der Waals surface area contributed by atoms with Crippen LogP contribution in [0.4, 0.5) is 0 Å². The second-order valence-corrected chi connectivity index (χ2v) is 12.4. The summed E-state index contributed by atoms with van der Waals surface area (Å²) in [5.41, 5.74) is 3.25. The van der Waals surface area contributed by atoms with Gasteiger partial charge < -0.3 is 4.57 Å². The largest absolute Gasteiger partial charge is 0.332 e. The van der Waals surface area contributed by atoms with Crippen molar-refractivity contribution in [3.63, 3.8) is 0 Å². The van der Waals surface area contributed by atoms with Crippen LogP contribution in [0.25, 0.3) is 0 Å². The molecule has 4 aliphatic rings. The molecule has 1 aromatic rings. The lowest BCUT2D eigenvalue weighted by atomic mass is 9.65. The molecule has 0 bridgehead atoms. The molecule has 3 heteroatoms. The molecule has 188 valence electrons. The molecule has 0 amide bonds. The molecular weight excluding hydrogens is 414 g/mol. The Morgan fingerprint density at radius 2 is 1.47 bits per heavy atom. The van der Waals surface area contributed by atoms with Crippen molar-refractivity contribution in [2.24, 2.45) is 17.8 Å². The first-order chi connectivity index (χ1) is 16.8. The fraction of sp³-hybridized carbons (Fsp3) is 0.871. The summed E-state index contributed by atoms with van der Waals surface area (Å²) in [5, 5.41) is 9.33. The van der Waals surface area contributed by atoms with E-state index in [1.54, 1.807) is 11.4 Å². The molecule has 4 aliphatic carbocycles. The maximum Gasteiger partial charge on any atom is 0.112 e. The molecule has 4 saturated carbocycles. The van der Waals surface area contributed by atoms with Gasteiger partial charge in [-0.2, -0.15) is 5.26 Å². The lowest BCUT2D eigenvalue weighted by molar-refractivity contribution is 0.135. The zero-order valence-electron chi connectivity index (χ0n) is 21.9. The Balaban J connectivity index is 1.49. The van der Waals surface area contributed by atoms with Crippen LogP contribution in [0.3, 0.4) is 0 Å². The van der Waals surface area contributed by atoms with Gasteiger partial charge in [0.25, 0.3) is 0 Å². The average Bonchev–Trinajstić information content (AvgIpc) is 3.30. The molecule has 0 N–H and O–H groups in total. The molecule has 3 nitrogen and oxygen atoms in total. The van der Waals surface area contributed by atoms with E-state index in [0.717, 1.165) is 30.7 Å². The molecule has 34 heavy (non-hydrogen) atoms. The zero-order valence-corrected chi connectivity index (χ0v) is 21.9. The van der Waals surface area contributed by atoms with Crippen LogP contribution in [0.2, 0.25) is 0 Å². The quantitative estimate of drug-likeness (QED) is 0.422. The van der Waals surface area contributed by atoms with E-state index in [0.29, 0.717) is 17.8 Å². The summed E-state index contributed by atoms with van der Waals surface area (Å²) in [6, 6.07) is 2.49. The number of nitriles is 1. The van der Waals surface area contributed by atoms with Gasteiger partial charge in [-0.15, -0.1) is 0 Å². The van der Waals surface area contributed by atoms with Gasteiger partial charge in [0.15, 0.2) is 0 Å². The van der Waals surface area contributed by atoms with E-state index in [2.05, 4.69) is 17.6 Å². The molecule has 4 atom stereocenters. The number of hydrogen-bond acceptors (Lipinski definition) is 2. The Hall–Kier alpha value is -1.30. The van der Waals surface area contributed by atoms with Crippen molar-refractivity contribution in [3.05, 3.63) is 17.2 Å². The Kier molecular flexibility index (Phi) is 8.34. The molecule has 4 fully saturated rings. The maximum absolute atomic E-state index is 9.33. The summed E-state index contributed by atoms with van der Waals surface area (Å²) in [6.07, 6.45) is 25.6. The van der Waals surface area contributed by atoms with E-state index < -0.39 is 0 Å². The van der Waals surface area contributed by atoms with Crippen LogP contribution in [0.15, 0.2) is 0 Å². The number of aromatic nitrogens is 2. The lowest BCUT2D eigenvalue weighted by Gasteiger charge is -2.40. The van der Waals surface area contributed by atoms with Gasteiger partial charge in [0.05, 0.1) is 11.8 Å². The smallest absolute Gasteiger partial charge is 0.112 e. The first kappa shape index (κ1) is 24.4. The van der Waals surface area contributed by atoms with E-state index in [4.69, 9.17) is 4.98 Å². The fourth-order valence-corrected chi connectivity index (χ4v) is 8.68. The Labute approximate surface area is 209 Å². The van der Waals surface area contributed by atoms with Crippen LogP contribution < -0.4 is 0 Å². The number of hydrogen-bond donors (Lipinski definition) is 0. The standard InChI is InChI=1S/C31H49N3/c1-2-34-30(25-15-7-4-8-16-25)29(24-13-5-3-6-14-24)33-31(34)28-19-10-9-18-27(28)26-17-11-12-23(22-26)20-21-32/h23-28H,2-20,22H2,1H3. The van der Waals surface area contributed by atoms with Crippen LogP contribution in [0.5, 0.6) is 0 Å². The summed E-state index contributed by atoms with van der Waals surface area (Å²) in [5.74, 6) is 5.87. The highest BCUT2D eigenvalue weighted by Crippen LogP contribution is 2.49. The highest BCUT2D eigenvalue weighted by molar-refractivity contribution is 5.28. The van der Waals surface area contributed by atoms with Crippen molar-refractivity contribution in [2.75, 3.05) is 0 Å². The van der Waals surface area contributed by atoms with Gasteiger partial charge in [-0.05, 0) is 76.0 Å². The molecule has 0 aliphatic heterocycles. The summed E-state index contributed by atoms with van der Waals surface area (Å²) < 4.78 is 2.78. The van der Waals surface area contributed by atoms with Crippen molar-refractivity contribution in [3.8, 4) is 6.07 Å².